The highest BCUT2D eigenvalue weighted by Crippen LogP contribution is 2.29. The van der Waals surface area contributed by atoms with E-state index in [0.717, 1.165) is 55.3 Å². The van der Waals surface area contributed by atoms with Crippen LogP contribution in [0.5, 0.6) is 0 Å². The Labute approximate surface area is 207 Å². The van der Waals surface area contributed by atoms with Gasteiger partial charge in [-0.25, -0.2) is 9.78 Å². The Morgan fingerprint density at radius 1 is 1.12 bits per heavy atom. The number of pyridine rings is 1. The molecule has 2 unspecified atom stereocenters. The third-order valence-corrected chi connectivity index (χ3v) is 8.56. The smallest absolute Gasteiger partial charge is 0.333 e. The molecule has 4 rings (SSSR count). The third kappa shape index (κ3) is 5.76. The Hall–Kier alpha value is -1.66. The zero-order valence-electron chi connectivity index (χ0n) is 20.3. The van der Waals surface area contributed by atoms with E-state index in [9.17, 15) is 14.4 Å². The van der Waals surface area contributed by atoms with Crippen LogP contribution in [0.2, 0.25) is 0 Å². The van der Waals surface area contributed by atoms with Gasteiger partial charge in [-0.1, -0.05) is 13.8 Å². The maximum atomic E-state index is 13.8. The number of amides is 1. The highest BCUT2D eigenvalue weighted by Gasteiger charge is 2.29. The fourth-order valence-electron chi connectivity index (χ4n) is 5.24. The van der Waals surface area contributed by atoms with Crippen LogP contribution >= 0.6 is 21.0 Å². The van der Waals surface area contributed by atoms with E-state index >= 15 is 0 Å². The van der Waals surface area contributed by atoms with Crippen LogP contribution in [-0.2, 0) is 4.79 Å². The average molecular weight is 505 g/mol. The number of thioether (sulfide) groups is 1. The molecule has 1 N–H and O–H groups in total. The van der Waals surface area contributed by atoms with E-state index in [1.165, 1.54) is 4.57 Å². The minimum atomic E-state index is -0.236. The first-order valence-corrected chi connectivity index (χ1v) is 14.4. The van der Waals surface area contributed by atoms with Crippen LogP contribution in [0.3, 0.4) is 0 Å². The van der Waals surface area contributed by atoms with Crippen molar-refractivity contribution in [1.29, 1.82) is 0 Å². The standard InChI is InChI=1S/C25H37N4O3PS/c1-16(2)5-10-22(30)27-17-6-8-19(9-7-17)29-24(31)21-14-20(33)15-26-23(21)28(25(29)32)18-4-3-12-34-13-11-18/h14-19H,3-13,33H2,1-2H3,(H,27,30). The molecular weight excluding hydrogens is 467 g/mol. The molecule has 7 nitrogen and oxygen atoms in total. The Morgan fingerprint density at radius 2 is 1.85 bits per heavy atom. The SMILES string of the molecule is CC(C)CCC(=O)NC1CCC(n2c(=O)c3cc(P)cnc3n(C3CCCSCC3)c2=O)CC1. The first-order valence-electron chi connectivity index (χ1n) is 12.6. The van der Waals surface area contributed by atoms with Gasteiger partial charge in [0.2, 0.25) is 5.91 Å². The largest absolute Gasteiger partial charge is 0.353 e. The molecule has 0 radical (unpaired) electrons. The lowest BCUT2D eigenvalue weighted by Crippen LogP contribution is -2.46. The van der Waals surface area contributed by atoms with Gasteiger partial charge in [0.05, 0.1) is 5.39 Å². The van der Waals surface area contributed by atoms with E-state index in [4.69, 9.17) is 0 Å². The van der Waals surface area contributed by atoms with E-state index in [1.54, 1.807) is 6.20 Å². The Balaban J connectivity index is 1.61. The number of nitrogens with zero attached hydrogens (tertiary/aromatic N) is 3. The normalized spacial score (nSPS) is 23.7. The number of nitrogens with one attached hydrogen (secondary N) is 1. The predicted octanol–water partition coefficient (Wildman–Crippen LogP) is 3.55. The first-order chi connectivity index (χ1) is 16.3. The van der Waals surface area contributed by atoms with Gasteiger partial charge in [-0.15, -0.1) is 9.24 Å². The minimum absolute atomic E-state index is 0.0660. The van der Waals surface area contributed by atoms with Gasteiger partial charge >= 0.3 is 5.69 Å². The number of hydrogen-bond acceptors (Lipinski definition) is 5. The lowest BCUT2D eigenvalue weighted by molar-refractivity contribution is -0.122. The van der Waals surface area contributed by atoms with Gasteiger partial charge in [0.25, 0.3) is 5.56 Å². The van der Waals surface area contributed by atoms with Crippen LogP contribution in [0.1, 0.15) is 83.7 Å². The molecule has 2 aromatic heterocycles. The molecule has 186 valence electrons. The summed E-state index contributed by atoms with van der Waals surface area (Å²) in [5.74, 6) is 2.74. The molecule has 2 atom stereocenters. The Kier molecular flexibility index (Phi) is 8.52. The molecule has 2 fully saturated rings. The lowest BCUT2D eigenvalue weighted by Gasteiger charge is -2.31. The van der Waals surface area contributed by atoms with Crippen molar-refractivity contribution in [3.8, 4) is 0 Å². The van der Waals surface area contributed by atoms with Crippen molar-refractivity contribution >= 4 is 43.2 Å². The maximum absolute atomic E-state index is 13.8. The molecule has 1 aliphatic carbocycles. The van der Waals surface area contributed by atoms with Crippen molar-refractivity contribution < 1.29 is 4.79 Å². The van der Waals surface area contributed by atoms with Crippen molar-refractivity contribution in [2.75, 3.05) is 11.5 Å². The summed E-state index contributed by atoms with van der Waals surface area (Å²) >= 11 is 1.93. The van der Waals surface area contributed by atoms with Crippen molar-refractivity contribution in [3.63, 3.8) is 0 Å². The Bertz CT molecular complexity index is 1130. The van der Waals surface area contributed by atoms with Crippen molar-refractivity contribution in [2.45, 2.75) is 89.8 Å². The molecule has 0 spiro atoms. The second kappa shape index (κ2) is 11.4. The zero-order chi connectivity index (χ0) is 24.2. The number of hydrogen-bond donors (Lipinski definition) is 1. The van der Waals surface area contributed by atoms with Crippen LogP contribution in [0.15, 0.2) is 21.9 Å². The number of aromatic nitrogens is 3. The maximum Gasteiger partial charge on any atom is 0.333 e. The molecule has 1 amide bonds. The van der Waals surface area contributed by atoms with Gasteiger partial charge in [-0.3, -0.25) is 18.7 Å². The van der Waals surface area contributed by atoms with E-state index in [1.807, 2.05) is 22.4 Å². The van der Waals surface area contributed by atoms with Gasteiger partial charge in [0, 0.05) is 30.7 Å². The van der Waals surface area contributed by atoms with E-state index < -0.39 is 0 Å². The fraction of sp³-hybridized carbons (Fsp3) is 0.680. The van der Waals surface area contributed by atoms with Gasteiger partial charge < -0.3 is 5.32 Å². The molecular formula is C25H37N4O3PS. The predicted molar refractivity (Wildman–Crippen MR) is 143 cm³/mol. The van der Waals surface area contributed by atoms with Gasteiger partial charge in [0.15, 0.2) is 0 Å². The first kappa shape index (κ1) is 25.4. The summed E-state index contributed by atoms with van der Waals surface area (Å²) in [7, 11) is 2.61. The fourth-order valence-corrected chi connectivity index (χ4v) is 6.50. The van der Waals surface area contributed by atoms with Crippen molar-refractivity contribution in [1.82, 2.24) is 19.4 Å². The molecule has 2 aromatic rings. The van der Waals surface area contributed by atoms with Gasteiger partial charge in [-0.05, 0) is 80.2 Å². The number of carbonyl (C=O) groups is 1. The van der Waals surface area contributed by atoms with Crippen LogP contribution in [0.4, 0.5) is 0 Å². The highest BCUT2D eigenvalue weighted by molar-refractivity contribution is 7.99. The summed E-state index contributed by atoms with van der Waals surface area (Å²) in [6.07, 6.45) is 9.05. The van der Waals surface area contributed by atoms with E-state index in [-0.39, 0.29) is 35.3 Å². The molecule has 3 heterocycles. The van der Waals surface area contributed by atoms with Crippen LogP contribution in [0.25, 0.3) is 11.0 Å². The minimum Gasteiger partial charge on any atom is -0.353 e. The summed E-state index contributed by atoms with van der Waals surface area (Å²) in [6.45, 7) is 4.24. The van der Waals surface area contributed by atoms with Crippen molar-refractivity contribution in [3.05, 3.63) is 33.1 Å². The number of rotatable bonds is 6. The molecule has 0 aromatic carbocycles. The second-order valence-electron chi connectivity index (χ2n) is 10.2. The monoisotopic (exact) mass is 504 g/mol. The van der Waals surface area contributed by atoms with E-state index in [2.05, 4.69) is 33.4 Å². The van der Waals surface area contributed by atoms with Crippen LogP contribution in [-0.4, -0.2) is 37.6 Å². The molecule has 2 aliphatic rings. The Morgan fingerprint density at radius 3 is 2.59 bits per heavy atom. The summed E-state index contributed by atoms with van der Waals surface area (Å²) in [4.78, 5) is 44.2. The molecule has 1 saturated heterocycles. The molecule has 34 heavy (non-hydrogen) atoms. The number of fused-ring (bicyclic) bond motifs is 1. The third-order valence-electron chi connectivity index (χ3n) is 7.14. The quantitative estimate of drug-likeness (QED) is 0.608. The van der Waals surface area contributed by atoms with Gasteiger partial charge in [0.1, 0.15) is 5.65 Å². The highest BCUT2D eigenvalue weighted by atomic mass is 32.2. The van der Waals surface area contributed by atoms with Crippen LogP contribution < -0.4 is 21.9 Å². The lowest BCUT2D eigenvalue weighted by atomic mass is 9.90. The van der Waals surface area contributed by atoms with E-state index in [0.29, 0.717) is 36.2 Å². The zero-order valence-corrected chi connectivity index (χ0v) is 22.3. The summed E-state index contributed by atoms with van der Waals surface area (Å²) in [5, 5.41) is 4.52. The summed E-state index contributed by atoms with van der Waals surface area (Å²) in [5.41, 5.74) is 0.0590. The molecule has 9 heteroatoms. The summed E-state index contributed by atoms with van der Waals surface area (Å²) < 4.78 is 3.31. The second-order valence-corrected chi connectivity index (χ2v) is 12.1. The van der Waals surface area contributed by atoms with Crippen LogP contribution in [0, 0.1) is 5.92 Å². The van der Waals surface area contributed by atoms with Gasteiger partial charge in [-0.2, -0.15) is 11.8 Å². The average Bonchev–Trinajstić information content (AvgIpc) is 3.09. The summed E-state index contributed by atoms with van der Waals surface area (Å²) in [6, 6.07) is 1.88. The molecule has 1 saturated carbocycles. The molecule has 1 aliphatic heterocycles. The van der Waals surface area contributed by atoms with Crippen molar-refractivity contribution in [2.24, 2.45) is 5.92 Å². The number of carbonyl (C=O) groups excluding carboxylic acids is 1. The topological polar surface area (TPSA) is 86.0 Å². The molecule has 0 bridgehead atoms.